The molecule has 3 aromatic rings. The zero-order chi connectivity index (χ0) is 16.5. The monoisotopic (exact) mass is 339 g/mol. The quantitative estimate of drug-likeness (QED) is 0.737. The summed E-state index contributed by atoms with van der Waals surface area (Å²) in [5, 5.41) is 2.04. The van der Waals surface area contributed by atoms with Gasteiger partial charge in [-0.1, -0.05) is 18.2 Å². The minimum absolute atomic E-state index is 0.00986. The third-order valence-corrected chi connectivity index (χ3v) is 5.46. The second kappa shape index (κ2) is 6.20. The van der Waals surface area contributed by atoms with Crippen LogP contribution in [0.1, 0.15) is 23.8 Å². The molecule has 1 saturated heterocycles. The van der Waals surface area contributed by atoms with Crippen LogP contribution in [0, 0.1) is 0 Å². The van der Waals surface area contributed by atoms with Crippen LogP contribution in [-0.4, -0.2) is 26.9 Å². The van der Waals surface area contributed by atoms with Gasteiger partial charge in [0.2, 0.25) is 5.91 Å². The molecule has 0 aliphatic carbocycles. The first-order valence-electron chi connectivity index (χ1n) is 8.01. The molecular formula is C18H17N3O2S. The van der Waals surface area contributed by atoms with Gasteiger partial charge < -0.3 is 4.90 Å². The average Bonchev–Trinajstić information content (AvgIpc) is 3.28. The highest BCUT2D eigenvalue weighted by molar-refractivity contribution is 7.10. The Morgan fingerprint density at radius 2 is 2.12 bits per heavy atom. The molecule has 0 saturated carbocycles. The molecule has 0 radical (unpaired) electrons. The highest BCUT2D eigenvalue weighted by Gasteiger charge is 2.30. The van der Waals surface area contributed by atoms with Crippen LogP contribution in [0.3, 0.4) is 0 Å². The van der Waals surface area contributed by atoms with Gasteiger partial charge in [-0.3, -0.25) is 14.2 Å². The molecule has 1 amide bonds. The maximum Gasteiger partial charge on any atom is 0.269 e. The number of likely N-dealkylation sites (tertiary alicyclic amines) is 1. The molecule has 1 aliphatic rings. The van der Waals surface area contributed by atoms with E-state index in [2.05, 4.69) is 11.1 Å². The standard InChI is InChI=1S/C18H17N3O2S/c22-17-11-19-13-5-1-2-6-14(13)21(17)12-18(23)20-9-3-7-15(20)16-8-4-10-24-16/h1-2,4-6,8,10-11,15H,3,7,9,12H2/t15-/m0/s1. The van der Waals surface area contributed by atoms with Crippen LogP contribution in [0.4, 0.5) is 0 Å². The maximum absolute atomic E-state index is 12.9. The van der Waals surface area contributed by atoms with E-state index in [0.29, 0.717) is 5.52 Å². The van der Waals surface area contributed by atoms with E-state index in [0.717, 1.165) is 24.9 Å². The lowest BCUT2D eigenvalue weighted by Crippen LogP contribution is -2.36. The van der Waals surface area contributed by atoms with Crippen molar-refractivity contribution in [1.82, 2.24) is 14.5 Å². The molecule has 0 spiro atoms. The van der Waals surface area contributed by atoms with E-state index in [1.165, 1.54) is 15.6 Å². The van der Waals surface area contributed by atoms with Crippen molar-refractivity contribution in [3.8, 4) is 0 Å². The fraction of sp³-hybridized carbons (Fsp3) is 0.278. The molecule has 1 fully saturated rings. The lowest BCUT2D eigenvalue weighted by atomic mass is 10.2. The van der Waals surface area contributed by atoms with E-state index in [-0.39, 0.29) is 24.1 Å². The fourth-order valence-electron chi connectivity index (χ4n) is 3.35. The van der Waals surface area contributed by atoms with Gasteiger partial charge in [-0.25, -0.2) is 4.98 Å². The molecule has 0 unspecified atom stereocenters. The van der Waals surface area contributed by atoms with E-state index in [1.54, 1.807) is 11.3 Å². The molecule has 3 heterocycles. The van der Waals surface area contributed by atoms with Crippen molar-refractivity contribution < 1.29 is 4.79 Å². The van der Waals surface area contributed by atoms with E-state index in [4.69, 9.17) is 0 Å². The minimum atomic E-state index is -0.242. The third-order valence-electron chi connectivity index (χ3n) is 4.49. The van der Waals surface area contributed by atoms with E-state index >= 15 is 0 Å². The second-order valence-corrected chi connectivity index (χ2v) is 6.91. The van der Waals surface area contributed by atoms with Crippen molar-refractivity contribution >= 4 is 28.3 Å². The summed E-state index contributed by atoms with van der Waals surface area (Å²) in [5.41, 5.74) is 1.18. The molecule has 2 aromatic heterocycles. The van der Waals surface area contributed by atoms with Gasteiger partial charge in [-0.2, -0.15) is 0 Å². The SMILES string of the molecule is O=C(Cn1c(=O)cnc2ccccc21)N1CCC[C@H]1c1cccs1. The lowest BCUT2D eigenvalue weighted by Gasteiger charge is -2.24. The van der Waals surface area contributed by atoms with Crippen LogP contribution in [0.2, 0.25) is 0 Å². The summed E-state index contributed by atoms with van der Waals surface area (Å²) < 4.78 is 1.52. The van der Waals surface area contributed by atoms with Crippen LogP contribution in [0.25, 0.3) is 11.0 Å². The Hall–Kier alpha value is -2.47. The zero-order valence-electron chi connectivity index (χ0n) is 13.1. The molecule has 6 heteroatoms. The Morgan fingerprint density at radius 1 is 1.25 bits per heavy atom. The Morgan fingerprint density at radius 3 is 2.96 bits per heavy atom. The van der Waals surface area contributed by atoms with Crippen molar-refractivity contribution in [2.24, 2.45) is 0 Å². The fourth-order valence-corrected chi connectivity index (χ4v) is 4.22. The van der Waals surface area contributed by atoms with Crippen LogP contribution >= 0.6 is 11.3 Å². The first-order chi connectivity index (χ1) is 11.7. The average molecular weight is 339 g/mol. The number of nitrogens with zero attached hydrogens (tertiary/aromatic N) is 3. The number of hydrogen-bond acceptors (Lipinski definition) is 4. The number of benzene rings is 1. The molecule has 1 aromatic carbocycles. The normalized spacial score (nSPS) is 17.5. The molecule has 5 nitrogen and oxygen atoms in total. The number of carbonyl (C=O) groups is 1. The van der Waals surface area contributed by atoms with Crippen LogP contribution in [-0.2, 0) is 11.3 Å². The number of para-hydroxylation sites is 2. The smallest absolute Gasteiger partial charge is 0.269 e. The molecule has 122 valence electrons. The summed E-state index contributed by atoms with van der Waals surface area (Å²) in [4.78, 5) is 32.4. The summed E-state index contributed by atoms with van der Waals surface area (Å²) in [6.07, 6.45) is 3.27. The first-order valence-corrected chi connectivity index (χ1v) is 8.89. The molecule has 1 atom stereocenters. The van der Waals surface area contributed by atoms with Crippen LogP contribution in [0.5, 0.6) is 0 Å². The molecule has 24 heavy (non-hydrogen) atoms. The summed E-state index contributed by atoms with van der Waals surface area (Å²) in [5.74, 6) is -0.00986. The number of hydrogen-bond donors (Lipinski definition) is 0. The Labute approximate surface area is 143 Å². The van der Waals surface area contributed by atoms with Gasteiger partial charge in [0.1, 0.15) is 6.54 Å². The predicted octanol–water partition coefficient (Wildman–Crippen LogP) is 2.82. The number of carbonyl (C=O) groups excluding carboxylic acids is 1. The number of aromatic nitrogens is 2. The number of rotatable bonds is 3. The highest BCUT2D eigenvalue weighted by Crippen LogP contribution is 2.34. The molecule has 0 N–H and O–H groups in total. The molecule has 4 rings (SSSR count). The van der Waals surface area contributed by atoms with Gasteiger partial charge in [-0.05, 0) is 36.4 Å². The van der Waals surface area contributed by atoms with Crippen LogP contribution in [0.15, 0.2) is 52.8 Å². The largest absolute Gasteiger partial charge is 0.333 e. The van der Waals surface area contributed by atoms with Crippen molar-refractivity contribution in [2.45, 2.75) is 25.4 Å². The molecule has 0 bridgehead atoms. The van der Waals surface area contributed by atoms with E-state index in [1.807, 2.05) is 40.6 Å². The topological polar surface area (TPSA) is 55.2 Å². The van der Waals surface area contributed by atoms with Crippen molar-refractivity contribution in [1.29, 1.82) is 0 Å². The van der Waals surface area contributed by atoms with Crippen molar-refractivity contribution in [3.05, 3.63) is 63.2 Å². The predicted molar refractivity (Wildman–Crippen MR) is 94.0 cm³/mol. The first kappa shape index (κ1) is 15.1. The zero-order valence-corrected chi connectivity index (χ0v) is 13.9. The van der Waals surface area contributed by atoms with Crippen molar-refractivity contribution in [2.75, 3.05) is 6.54 Å². The number of thiophene rings is 1. The minimum Gasteiger partial charge on any atom is -0.333 e. The Balaban J connectivity index is 1.65. The molecule has 1 aliphatic heterocycles. The summed E-state index contributed by atoms with van der Waals surface area (Å²) >= 11 is 1.68. The Kier molecular flexibility index (Phi) is 3.90. The van der Waals surface area contributed by atoms with Gasteiger partial charge in [0.05, 0.1) is 23.3 Å². The van der Waals surface area contributed by atoms with Crippen LogP contribution < -0.4 is 5.56 Å². The second-order valence-electron chi connectivity index (χ2n) is 5.93. The van der Waals surface area contributed by atoms with E-state index < -0.39 is 0 Å². The van der Waals surface area contributed by atoms with Gasteiger partial charge in [0.15, 0.2) is 0 Å². The van der Waals surface area contributed by atoms with Gasteiger partial charge >= 0.3 is 0 Å². The van der Waals surface area contributed by atoms with Gasteiger partial charge in [-0.15, -0.1) is 11.3 Å². The lowest BCUT2D eigenvalue weighted by molar-refractivity contribution is -0.132. The van der Waals surface area contributed by atoms with E-state index in [9.17, 15) is 9.59 Å². The summed E-state index contributed by atoms with van der Waals surface area (Å²) in [7, 11) is 0. The third kappa shape index (κ3) is 2.63. The molecular weight excluding hydrogens is 322 g/mol. The Bertz CT molecular complexity index is 933. The summed E-state index contributed by atoms with van der Waals surface area (Å²) in [6, 6.07) is 11.6. The number of amides is 1. The van der Waals surface area contributed by atoms with Crippen molar-refractivity contribution in [3.63, 3.8) is 0 Å². The van der Waals surface area contributed by atoms with Gasteiger partial charge in [0, 0.05) is 11.4 Å². The maximum atomic E-state index is 12.9. The highest BCUT2D eigenvalue weighted by atomic mass is 32.1. The summed E-state index contributed by atoms with van der Waals surface area (Å²) in [6.45, 7) is 0.808. The van der Waals surface area contributed by atoms with Gasteiger partial charge in [0.25, 0.3) is 5.56 Å². The number of fused-ring (bicyclic) bond motifs is 1.